The first-order valence-corrected chi connectivity index (χ1v) is 7.99. The van der Waals surface area contributed by atoms with Crippen LogP contribution in [0.2, 0.25) is 0 Å². The van der Waals surface area contributed by atoms with Crippen LogP contribution in [0.4, 0.5) is 0 Å². The number of hydrogen-bond donors (Lipinski definition) is 2. The highest BCUT2D eigenvalue weighted by atomic mass is 32.1. The Morgan fingerprint density at radius 1 is 1.32 bits per heavy atom. The second kappa shape index (κ2) is 6.81. The number of thiophene rings is 1. The van der Waals surface area contributed by atoms with Crippen molar-refractivity contribution < 1.29 is 19.4 Å². The largest absolute Gasteiger partial charge is 0.485 e. The van der Waals surface area contributed by atoms with Gasteiger partial charge in [0.15, 0.2) is 11.5 Å². The van der Waals surface area contributed by atoms with Gasteiger partial charge in [-0.05, 0) is 30.0 Å². The number of rotatable bonds is 5. The fourth-order valence-electron chi connectivity index (χ4n) is 2.22. The van der Waals surface area contributed by atoms with Gasteiger partial charge in [0.05, 0.1) is 6.10 Å². The maximum atomic E-state index is 12.1. The maximum Gasteiger partial charge on any atom is 0.264 e. The lowest BCUT2D eigenvalue weighted by Gasteiger charge is -2.25. The van der Waals surface area contributed by atoms with Crippen LogP contribution < -0.4 is 14.8 Å². The predicted molar refractivity (Wildman–Crippen MR) is 83.3 cm³/mol. The third kappa shape index (κ3) is 3.40. The number of aliphatic hydroxyl groups excluding tert-OH is 1. The van der Waals surface area contributed by atoms with Crippen LogP contribution in [0.3, 0.4) is 0 Å². The van der Waals surface area contributed by atoms with Crippen molar-refractivity contribution in [2.75, 3.05) is 13.2 Å². The second-order valence-electron chi connectivity index (χ2n) is 4.98. The van der Waals surface area contributed by atoms with Gasteiger partial charge < -0.3 is 19.9 Å². The van der Waals surface area contributed by atoms with Crippen LogP contribution in [0.1, 0.15) is 17.4 Å². The highest BCUT2D eigenvalue weighted by Crippen LogP contribution is 2.30. The Labute approximate surface area is 132 Å². The highest BCUT2D eigenvalue weighted by molar-refractivity contribution is 7.10. The van der Waals surface area contributed by atoms with Crippen LogP contribution in [0, 0.1) is 0 Å². The Bertz CT molecular complexity index is 629. The van der Waals surface area contributed by atoms with Crippen molar-refractivity contribution in [3.8, 4) is 11.5 Å². The Morgan fingerprint density at radius 2 is 2.14 bits per heavy atom. The summed E-state index contributed by atoms with van der Waals surface area (Å²) in [4.78, 5) is 13.0. The number of benzene rings is 1. The number of nitrogens with one attached hydrogen (secondary N) is 1. The monoisotopic (exact) mass is 319 g/mol. The first-order valence-electron chi connectivity index (χ1n) is 7.11. The molecule has 0 bridgehead atoms. The molecule has 2 aromatic rings. The summed E-state index contributed by atoms with van der Waals surface area (Å²) < 4.78 is 11.1. The molecule has 0 saturated carbocycles. The number of carbonyl (C=O) groups excluding carboxylic acids is 1. The lowest BCUT2D eigenvalue weighted by atomic mass is 10.2. The number of ether oxygens (including phenoxy) is 2. The molecule has 3 rings (SSSR count). The van der Waals surface area contributed by atoms with E-state index in [0.29, 0.717) is 24.5 Å². The molecule has 5 nitrogen and oxygen atoms in total. The van der Waals surface area contributed by atoms with Crippen LogP contribution in [0.25, 0.3) is 0 Å². The highest BCUT2D eigenvalue weighted by Gasteiger charge is 2.27. The zero-order valence-corrected chi connectivity index (χ0v) is 12.7. The summed E-state index contributed by atoms with van der Waals surface area (Å²) in [6.07, 6.45) is -0.741. The van der Waals surface area contributed by atoms with E-state index in [0.717, 1.165) is 4.88 Å². The van der Waals surface area contributed by atoms with Crippen LogP contribution in [0.15, 0.2) is 41.8 Å². The van der Waals surface area contributed by atoms with E-state index in [-0.39, 0.29) is 12.5 Å². The lowest BCUT2D eigenvalue weighted by molar-refractivity contribution is -0.130. The van der Waals surface area contributed by atoms with E-state index in [4.69, 9.17) is 9.47 Å². The normalized spacial score (nSPS) is 17.8. The topological polar surface area (TPSA) is 67.8 Å². The van der Waals surface area contributed by atoms with Crippen molar-refractivity contribution in [1.29, 1.82) is 0 Å². The molecular formula is C16H17NO4S. The molecule has 1 aromatic carbocycles. The molecular weight excluding hydrogens is 302 g/mol. The van der Waals surface area contributed by atoms with E-state index >= 15 is 0 Å². The minimum Gasteiger partial charge on any atom is -0.485 e. The SMILES string of the molecule is O=C(NCC[C@H](O)c1cccs1)[C@H]1COc2ccccc2O1. The number of fused-ring (bicyclic) bond motifs is 1. The summed E-state index contributed by atoms with van der Waals surface area (Å²) >= 11 is 1.50. The van der Waals surface area contributed by atoms with E-state index < -0.39 is 12.2 Å². The molecule has 0 saturated heterocycles. The summed E-state index contributed by atoms with van der Waals surface area (Å²) in [6, 6.07) is 11.0. The average Bonchev–Trinajstić information content (AvgIpc) is 3.08. The Balaban J connectivity index is 1.47. The summed E-state index contributed by atoms with van der Waals surface area (Å²) in [5, 5.41) is 14.7. The Kier molecular flexibility index (Phi) is 4.60. The molecule has 1 aromatic heterocycles. The fourth-order valence-corrected chi connectivity index (χ4v) is 2.96. The van der Waals surface area contributed by atoms with Gasteiger partial charge in [-0.15, -0.1) is 11.3 Å². The number of carbonyl (C=O) groups is 1. The van der Waals surface area contributed by atoms with Crippen molar-refractivity contribution in [1.82, 2.24) is 5.32 Å². The first kappa shape index (κ1) is 14.9. The lowest BCUT2D eigenvalue weighted by Crippen LogP contribution is -2.44. The van der Waals surface area contributed by atoms with E-state index in [1.807, 2.05) is 29.6 Å². The first-order chi connectivity index (χ1) is 10.7. The van der Waals surface area contributed by atoms with Crippen LogP contribution in [-0.2, 0) is 4.79 Å². The molecule has 1 amide bonds. The standard InChI is InChI=1S/C16H17NO4S/c18-11(15-6-3-9-22-15)7-8-17-16(19)14-10-20-12-4-1-2-5-13(12)21-14/h1-6,9,11,14,18H,7-8,10H2,(H,17,19)/t11-,14+/m0/s1. The molecule has 2 atom stereocenters. The summed E-state index contributed by atoms with van der Waals surface area (Å²) in [7, 11) is 0. The molecule has 0 unspecified atom stereocenters. The zero-order valence-electron chi connectivity index (χ0n) is 11.9. The van der Waals surface area contributed by atoms with Gasteiger partial charge in [0, 0.05) is 11.4 Å². The molecule has 22 heavy (non-hydrogen) atoms. The van der Waals surface area contributed by atoms with Crippen LogP contribution >= 0.6 is 11.3 Å². The molecule has 1 aliphatic rings. The minimum absolute atomic E-state index is 0.191. The smallest absolute Gasteiger partial charge is 0.264 e. The minimum atomic E-state index is -0.659. The molecule has 0 fully saturated rings. The number of hydrogen-bond acceptors (Lipinski definition) is 5. The fraction of sp³-hybridized carbons (Fsp3) is 0.312. The second-order valence-corrected chi connectivity index (χ2v) is 5.95. The van der Waals surface area contributed by atoms with Crippen molar-refractivity contribution in [3.05, 3.63) is 46.7 Å². The van der Waals surface area contributed by atoms with Crippen molar-refractivity contribution in [2.24, 2.45) is 0 Å². The van der Waals surface area contributed by atoms with E-state index in [1.54, 1.807) is 12.1 Å². The molecule has 2 N–H and O–H groups in total. The molecule has 1 aliphatic heterocycles. The molecule has 0 spiro atoms. The van der Waals surface area contributed by atoms with Crippen molar-refractivity contribution in [3.63, 3.8) is 0 Å². The quantitative estimate of drug-likeness (QED) is 0.886. The van der Waals surface area contributed by atoms with E-state index in [1.165, 1.54) is 11.3 Å². The molecule has 0 aliphatic carbocycles. The summed E-state index contributed by atoms with van der Waals surface area (Å²) in [5.41, 5.74) is 0. The number of amides is 1. The third-order valence-corrected chi connectivity index (χ3v) is 4.36. The third-order valence-electron chi connectivity index (χ3n) is 3.39. The molecule has 116 valence electrons. The van der Waals surface area contributed by atoms with Gasteiger partial charge in [-0.25, -0.2) is 0 Å². The zero-order chi connectivity index (χ0) is 15.4. The van der Waals surface area contributed by atoms with Crippen molar-refractivity contribution in [2.45, 2.75) is 18.6 Å². The molecule has 0 radical (unpaired) electrons. The van der Waals surface area contributed by atoms with Gasteiger partial charge in [0.2, 0.25) is 6.10 Å². The Hall–Kier alpha value is -2.05. The van der Waals surface area contributed by atoms with Gasteiger partial charge in [0.1, 0.15) is 6.61 Å². The van der Waals surface area contributed by atoms with Gasteiger partial charge in [-0.3, -0.25) is 4.79 Å². The average molecular weight is 319 g/mol. The summed E-state index contributed by atoms with van der Waals surface area (Å²) in [6.45, 7) is 0.579. The van der Waals surface area contributed by atoms with Crippen molar-refractivity contribution >= 4 is 17.2 Å². The van der Waals surface area contributed by atoms with Crippen LogP contribution in [-0.4, -0.2) is 30.3 Å². The predicted octanol–water partition coefficient (Wildman–Crippen LogP) is 2.13. The Morgan fingerprint density at radius 3 is 2.91 bits per heavy atom. The van der Waals surface area contributed by atoms with Gasteiger partial charge in [-0.1, -0.05) is 18.2 Å². The maximum absolute atomic E-state index is 12.1. The number of aliphatic hydroxyl groups is 1. The van der Waals surface area contributed by atoms with E-state index in [9.17, 15) is 9.90 Å². The van der Waals surface area contributed by atoms with Gasteiger partial charge in [-0.2, -0.15) is 0 Å². The van der Waals surface area contributed by atoms with Crippen LogP contribution in [0.5, 0.6) is 11.5 Å². The van der Waals surface area contributed by atoms with E-state index in [2.05, 4.69) is 5.32 Å². The molecule has 2 heterocycles. The van der Waals surface area contributed by atoms with Gasteiger partial charge >= 0.3 is 0 Å². The summed E-state index contributed by atoms with van der Waals surface area (Å²) in [5.74, 6) is 1.00. The van der Waals surface area contributed by atoms with Gasteiger partial charge in [0.25, 0.3) is 5.91 Å². The number of para-hydroxylation sites is 2. The molecule has 6 heteroatoms.